The number of aldehydes is 1. The van der Waals surface area contributed by atoms with E-state index in [9.17, 15) is 9.59 Å². The molecule has 0 bridgehead atoms. The molecule has 0 atom stereocenters. The molecule has 4 heteroatoms. The van der Waals surface area contributed by atoms with Crippen molar-refractivity contribution in [2.75, 3.05) is 0 Å². The Morgan fingerprint density at radius 2 is 2.00 bits per heavy atom. The van der Waals surface area contributed by atoms with E-state index in [2.05, 4.69) is 4.98 Å². The number of carbonyl (C=O) groups is 1. The predicted molar refractivity (Wildman–Crippen MR) is 62.9 cm³/mol. The monoisotopic (exact) mass is 233 g/mol. The molecule has 1 heterocycles. The number of aromatic amines is 1. The van der Waals surface area contributed by atoms with Gasteiger partial charge < -0.3 is 4.98 Å². The summed E-state index contributed by atoms with van der Waals surface area (Å²) in [6, 6.07) is 9.68. The largest absolute Gasteiger partial charge is 0.322 e. The van der Waals surface area contributed by atoms with Gasteiger partial charge in [0.15, 0.2) is 0 Å². The molecule has 3 nitrogen and oxygen atoms in total. The van der Waals surface area contributed by atoms with Crippen LogP contribution in [0.15, 0.2) is 41.2 Å². The van der Waals surface area contributed by atoms with Crippen LogP contribution in [-0.4, -0.2) is 11.3 Å². The number of H-pyrrole nitrogens is 1. The molecule has 16 heavy (non-hydrogen) atoms. The second-order valence-electron chi connectivity index (χ2n) is 3.29. The average Bonchev–Trinajstić information content (AvgIpc) is 2.30. The predicted octanol–water partition coefficient (Wildman–Crippen LogP) is 2.51. The Labute approximate surface area is 96.7 Å². The highest BCUT2D eigenvalue weighted by Crippen LogP contribution is 2.26. The smallest absolute Gasteiger partial charge is 0.248 e. The zero-order valence-electron chi connectivity index (χ0n) is 8.24. The maximum atomic E-state index is 11.2. The van der Waals surface area contributed by atoms with E-state index in [0.717, 1.165) is 6.29 Å². The van der Waals surface area contributed by atoms with Crippen LogP contribution in [0.25, 0.3) is 11.3 Å². The van der Waals surface area contributed by atoms with E-state index in [1.54, 1.807) is 30.3 Å². The summed E-state index contributed by atoms with van der Waals surface area (Å²) in [5, 5.41) is 0.493. The molecule has 0 fully saturated rings. The van der Waals surface area contributed by atoms with Gasteiger partial charge in [0, 0.05) is 27.9 Å². The highest BCUT2D eigenvalue weighted by molar-refractivity contribution is 6.33. The topological polar surface area (TPSA) is 49.9 Å². The second kappa shape index (κ2) is 4.33. The fourth-order valence-electron chi connectivity index (χ4n) is 1.43. The van der Waals surface area contributed by atoms with Crippen LogP contribution in [0, 0.1) is 0 Å². The number of benzene rings is 1. The molecule has 0 aliphatic carbocycles. The SMILES string of the molecule is O=Cc1ccc(Cl)c(-c2cccc(=O)[nH]2)c1. The van der Waals surface area contributed by atoms with Crippen LogP contribution in [0.5, 0.6) is 0 Å². The van der Waals surface area contributed by atoms with Gasteiger partial charge in [0.05, 0.1) is 0 Å². The lowest BCUT2D eigenvalue weighted by Gasteiger charge is -2.04. The number of pyridine rings is 1. The molecule has 0 radical (unpaired) electrons. The summed E-state index contributed by atoms with van der Waals surface area (Å²) in [5.74, 6) is 0. The van der Waals surface area contributed by atoms with Crippen molar-refractivity contribution in [3.8, 4) is 11.3 Å². The summed E-state index contributed by atoms with van der Waals surface area (Å²) in [6.07, 6.45) is 0.737. The Morgan fingerprint density at radius 1 is 1.19 bits per heavy atom. The number of hydrogen-bond acceptors (Lipinski definition) is 2. The lowest BCUT2D eigenvalue weighted by Crippen LogP contribution is -2.03. The number of halogens is 1. The van der Waals surface area contributed by atoms with Gasteiger partial charge >= 0.3 is 0 Å². The van der Waals surface area contributed by atoms with Gasteiger partial charge in [0.1, 0.15) is 6.29 Å². The molecule has 0 amide bonds. The molecule has 2 aromatic rings. The van der Waals surface area contributed by atoms with Crippen molar-refractivity contribution in [2.45, 2.75) is 0 Å². The van der Waals surface area contributed by atoms with E-state index in [-0.39, 0.29) is 5.56 Å². The Bertz CT molecular complexity index is 590. The Kier molecular flexibility index (Phi) is 2.88. The van der Waals surface area contributed by atoms with Crippen molar-refractivity contribution >= 4 is 17.9 Å². The van der Waals surface area contributed by atoms with E-state index in [0.29, 0.717) is 21.8 Å². The number of aromatic nitrogens is 1. The summed E-state index contributed by atoms with van der Waals surface area (Å²) in [4.78, 5) is 24.5. The summed E-state index contributed by atoms with van der Waals surface area (Å²) >= 11 is 6.00. The highest BCUT2D eigenvalue weighted by Gasteiger charge is 2.05. The van der Waals surface area contributed by atoms with Crippen molar-refractivity contribution in [3.63, 3.8) is 0 Å². The first-order chi connectivity index (χ1) is 7.70. The second-order valence-corrected chi connectivity index (χ2v) is 3.69. The third-order valence-electron chi connectivity index (χ3n) is 2.19. The van der Waals surface area contributed by atoms with E-state index in [4.69, 9.17) is 11.6 Å². The third kappa shape index (κ3) is 2.04. The molecule has 0 aliphatic rings. The van der Waals surface area contributed by atoms with Crippen molar-refractivity contribution in [1.82, 2.24) is 4.98 Å². The lowest BCUT2D eigenvalue weighted by atomic mass is 10.1. The average molecular weight is 234 g/mol. The maximum absolute atomic E-state index is 11.2. The molecule has 1 aromatic carbocycles. The van der Waals surface area contributed by atoms with Gasteiger partial charge in [-0.15, -0.1) is 0 Å². The Hall–Kier alpha value is -1.87. The molecule has 0 spiro atoms. The summed E-state index contributed by atoms with van der Waals surface area (Å²) in [5.41, 5.74) is 1.55. The molecule has 80 valence electrons. The number of nitrogens with one attached hydrogen (secondary N) is 1. The molecular weight excluding hydrogens is 226 g/mol. The van der Waals surface area contributed by atoms with Gasteiger partial charge in [-0.2, -0.15) is 0 Å². The van der Waals surface area contributed by atoms with Crippen molar-refractivity contribution in [3.05, 3.63) is 57.3 Å². The zero-order valence-corrected chi connectivity index (χ0v) is 8.99. The fraction of sp³-hybridized carbons (Fsp3) is 0. The Balaban J connectivity index is 2.63. The van der Waals surface area contributed by atoms with Crippen LogP contribution in [0.1, 0.15) is 10.4 Å². The zero-order chi connectivity index (χ0) is 11.5. The first-order valence-corrected chi connectivity index (χ1v) is 5.03. The first-order valence-electron chi connectivity index (χ1n) is 4.65. The van der Waals surface area contributed by atoms with Crippen molar-refractivity contribution in [2.24, 2.45) is 0 Å². The molecule has 0 saturated carbocycles. The minimum Gasteiger partial charge on any atom is -0.322 e. The number of rotatable bonds is 2. The van der Waals surface area contributed by atoms with Gasteiger partial charge in [-0.05, 0) is 18.2 Å². The molecule has 1 aromatic heterocycles. The van der Waals surface area contributed by atoms with Crippen LogP contribution in [0.3, 0.4) is 0 Å². The van der Waals surface area contributed by atoms with Gasteiger partial charge in [-0.1, -0.05) is 23.7 Å². The van der Waals surface area contributed by atoms with Crippen molar-refractivity contribution in [1.29, 1.82) is 0 Å². The fourth-order valence-corrected chi connectivity index (χ4v) is 1.65. The minimum absolute atomic E-state index is 0.204. The van der Waals surface area contributed by atoms with Crippen molar-refractivity contribution < 1.29 is 4.79 Å². The first kappa shape index (κ1) is 10.6. The summed E-state index contributed by atoms with van der Waals surface area (Å²) < 4.78 is 0. The third-order valence-corrected chi connectivity index (χ3v) is 2.51. The van der Waals surface area contributed by atoms with E-state index in [1.807, 2.05) is 0 Å². The number of hydrogen-bond donors (Lipinski definition) is 1. The van der Waals surface area contributed by atoms with E-state index >= 15 is 0 Å². The van der Waals surface area contributed by atoms with Gasteiger partial charge in [-0.3, -0.25) is 9.59 Å². The van der Waals surface area contributed by atoms with Crippen LogP contribution in [-0.2, 0) is 0 Å². The molecular formula is C12H8ClNO2. The quantitative estimate of drug-likeness (QED) is 0.811. The van der Waals surface area contributed by atoms with Gasteiger partial charge in [0.2, 0.25) is 5.56 Å². The molecule has 0 saturated heterocycles. The summed E-state index contributed by atoms with van der Waals surface area (Å²) in [7, 11) is 0. The normalized spacial score (nSPS) is 10.1. The van der Waals surface area contributed by atoms with Crippen LogP contribution in [0.2, 0.25) is 5.02 Å². The minimum atomic E-state index is -0.204. The van der Waals surface area contributed by atoms with E-state index < -0.39 is 0 Å². The van der Waals surface area contributed by atoms with Gasteiger partial charge in [-0.25, -0.2) is 0 Å². The lowest BCUT2D eigenvalue weighted by molar-refractivity contribution is 0.112. The maximum Gasteiger partial charge on any atom is 0.248 e. The van der Waals surface area contributed by atoms with Gasteiger partial charge in [0.25, 0.3) is 0 Å². The molecule has 0 aliphatic heterocycles. The highest BCUT2D eigenvalue weighted by atomic mass is 35.5. The standard InChI is InChI=1S/C12H8ClNO2/c13-10-5-4-8(7-15)6-9(10)11-2-1-3-12(16)14-11/h1-7H,(H,14,16). The number of carbonyl (C=O) groups excluding carboxylic acids is 1. The van der Waals surface area contributed by atoms with E-state index in [1.165, 1.54) is 6.07 Å². The Morgan fingerprint density at radius 3 is 2.69 bits per heavy atom. The molecule has 1 N–H and O–H groups in total. The molecule has 2 rings (SSSR count). The molecule has 0 unspecified atom stereocenters. The van der Waals surface area contributed by atoms with Crippen LogP contribution < -0.4 is 5.56 Å². The summed E-state index contributed by atoms with van der Waals surface area (Å²) in [6.45, 7) is 0. The van der Waals surface area contributed by atoms with Crippen LogP contribution in [0.4, 0.5) is 0 Å². The van der Waals surface area contributed by atoms with Crippen LogP contribution >= 0.6 is 11.6 Å².